The third kappa shape index (κ3) is 3.38. The van der Waals surface area contributed by atoms with Crippen molar-refractivity contribution in [3.8, 4) is 12.3 Å². The first kappa shape index (κ1) is 18.2. The second-order valence-corrected chi connectivity index (χ2v) is 8.03. The lowest BCUT2D eigenvalue weighted by atomic mass is 10.1. The minimum absolute atomic E-state index is 0.959. The van der Waals surface area contributed by atoms with Crippen molar-refractivity contribution in [1.29, 1.82) is 0 Å². The zero-order valence-electron chi connectivity index (χ0n) is 16.8. The number of fused-ring (bicyclic) bond motifs is 3. The van der Waals surface area contributed by atoms with E-state index in [-0.39, 0.29) is 0 Å². The normalized spacial score (nSPS) is 17.3. The van der Waals surface area contributed by atoms with Crippen molar-refractivity contribution in [3.63, 3.8) is 0 Å². The molecular formula is C24H27N5. The van der Waals surface area contributed by atoms with Gasteiger partial charge in [0.1, 0.15) is 17.4 Å². The van der Waals surface area contributed by atoms with E-state index in [0.29, 0.717) is 0 Å². The Morgan fingerprint density at radius 1 is 0.966 bits per heavy atom. The summed E-state index contributed by atoms with van der Waals surface area (Å²) in [6, 6.07) is 10.8. The minimum Gasteiger partial charge on any atom is -0.352 e. The Hall–Kier alpha value is -2.84. The van der Waals surface area contributed by atoms with Crippen LogP contribution in [0.4, 0.5) is 5.82 Å². The molecule has 0 N–H and O–H groups in total. The van der Waals surface area contributed by atoms with Crippen LogP contribution in [-0.2, 0) is 19.4 Å². The molecule has 29 heavy (non-hydrogen) atoms. The lowest BCUT2D eigenvalue weighted by Gasteiger charge is -2.35. The van der Waals surface area contributed by atoms with Gasteiger partial charge < -0.3 is 9.47 Å². The molecule has 1 saturated heterocycles. The van der Waals surface area contributed by atoms with E-state index in [1.807, 2.05) is 0 Å². The van der Waals surface area contributed by atoms with E-state index in [2.05, 4.69) is 55.6 Å². The average Bonchev–Trinajstić information content (AvgIpc) is 3.12. The number of rotatable bonds is 4. The van der Waals surface area contributed by atoms with Crippen molar-refractivity contribution in [2.75, 3.05) is 37.6 Å². The van der Waals surface area contributed by atoms with Crippen molar-refractivity contribution >= 4 is 16.9 Å². The largest absolute Gasteiger partial charge is 0.352 e. The summed E-state index contributed by atoms with van der Waals surface area (Å²) in [5, 5.41) is 0. The van der Waals surface area contributed by atoms with Crippen LogP contribution >= 0.6 is 0 Å². The van der Waals surface area contributed by atoms with Crippen LogP contribution in [0, 0.1) is 12.3 Å². The monoisotopic (exact) mass is 385 g/mol. The van der Waals surface area contributed by atoms with Crippen LogP contribution in [0.2, 0.25) is 0 Å². The summed E-state index contributed by atoms with van der Waals surface area (Å²) in [6.07, 6.45) is 12.1. The van der Waals surface area contributed by atoms with Crippen LogP contribution in [0.1, 0.15) is 29.7 Å². The van der Waals surface area contributed by atoms with Crippen molar-refractivity contribution in [1.82, 2.24) is 19.4 Å². The number of hydrogen-bond acceptors (Lipinski definition) is 4. The van der Waals surface area contributed by atoms with Gasteiger partial charge in [-0.15, -0.1) is 6.42 Å². The van der Waals surface area contributed by atoms with E-state index in [0.717, 1.165) is 74.5 Å². The molecule has 148 valence electrons. The van der Waals surface area contributed by atoms with Gasteiger partial charge in [0.2, 0.25) is 0 Å². The van der Waals surface area contributed by atoms with Crippen molar-refractivity contribution < 1.29 is 0 Å². The first-order chi connectivity index (χ1) is 14.3. The second-order valence-electron chi connectivity index (χ2n) is 8.03. The van der Waals surface area contributed by atoms with Crippen LogP contribution in [0.5, 0.6) is 0 Å². The molecule has 5 nitrogen and oxygen atoms in total. The Morgan fingerprint density at radius 2 is 1.79 bits per heavy atom. The first-order valence-electron chi connectivity index (χ1n) is 10.7. The predicted octanol–water partition coefficient (Wildman–Crippen LogP) is 3.11. The minimum atomic E-state index is 0.959. The van der Waals surface area contributed by atoms with E-state index < -0.39 is 0 Å². The maximum absolute atomic E-state index is 5.87. The van der Waals surface area contributed by atoms with Crippen LogP contribution < -0.4 is 4.90 Å². The third-order valence-electron chi connectivity index (χ3n) is 6.35. The highest BCUT2D eigenvalue weighted by Gasteiger charge is 2.26. The molecule has 0 aliphatic carbocycles. The van der Waals surface area contributed by atoms with Crippen molar-refractivity contribution in [3.05, 3.63) is 53.5 Å². The molecule has 0 saturated carbocycles. The number of anilines is 1. The Labute approximate surface area is 172 Å². The van der Waals surface area contributed by atoms with E-state index in [1.165, 1.54) is 24.1 Å². The fourth-order valence-corrected chi connectivity index (χ4v) is 4.77. The lowest BCUT2D eigenvalue weighted by molar-refractivity contribution is 0.260. The van der Waals surface area contributed by atoms with E-state index in [4.69, 9.17) is 11.4 Å². The molecule has 2 aliphatic rings. The average molecular weight is 386 g/mol. The molecule has 0 atom stereocenters. The quantitative estimate of drug-likeness (QED) is 0.647. The fourth-order valence-electron chi connectivity index (χ4n) is 4.77. The second kappa shape index (κ2) is 7.88. The molecule has 5 heteroatoms. The van der Waals surface area contributed by atoms with E-state index in [1.54, 1.807) is 6.33 Å². The maximum Gasteiger partial charge on any atom is 0.156 e. The summed E-state index contributed by atoms with van der Waals surface area (Å²) in [5.41, 5.74) is 5.77. The van der Waals surface area contributed by atoms with Crippen LogP contribution in [-0.4, -0.2) is 52.2 Å². The summed E-state index contributed by atoms with van der Waals surface area (Å²) >= 11 is 0. The van der Waals surface area contributed by atoms with E-state index in [9.17, 15) is 0 Å². The summed E-state index contributed by atoms with van der Waals surface area (Å²) in [7, 11) is 0. The molecule has 4 heterocycles. The smallest absolute Gasteiger partial charge is 0.156 e. The molecule has 3 aromatic rings. The number of aryl methyl sites for hydroxylation is 1. The molecule has 0 radical (unpaired) electrons. The first-order valence-corrected chi connectivity index (χ1v) is 10.7. The molecule has 1 aromatic carbocycles. The molecule has 1 fully saturated rings. The Morgan fingerprint density at radius 3 is 2.59 bits per heavy atom. The number of terminal acetylenes is 1. The van der Waals surface area contributed by atoms with Gasteiger partial charge in [-0.1, -0.05) is 36.3 Å². The van der Waals surface area contributed by atoms with E-state index >= 15 is 0 Å². The third-order valence-corrected chi connectivity index (χ3v) is 6.35. The zero-order chi connectivity index (χ0) is 19.6. The SMILES string of the molecule is C#Cc1c2n(c3c(N4CCN(CCc5ccccc5)CC4)ncnc13)CCCC2. The lowest BCUT2D eigenvalue weighted by Crippen LogP contribution is -2.47. The highest BCUT2D eigenvalue weighted by atomic mass is 15.3. The molecule has 5 rings (SSSR count). The maximum atomic E-state index is 5.87. The molecule has 2 aliphatic heterocycles. The van der Waals surface area contributed by atoms with Gasteiger partial charge in [0.15, 0.2) is 5.82 Å². The van der Waals surface area contributed by atoms with Gasteiger partial charge in [0.25, 0.3) is 0 Å². The number of aromatic nitrogens is 3. The number of nitrogens with zero attached hydrogens (tertiary/aromatic N) is 5. The summed E-state index contributed by atoms with van der Waals surface area (Å²) in [4.78, 5) is 14.3. The van der Waals surface area contributed by atoms with Gasteiger partial charge in [-0.25, -0.2) is 9.97 Å². The number of benzene rings is 1. The number of hydrogen-bond donors (Lipinski definition) is 0. The molecule has 0 amide bonds. The van der Waals surface area contributed by atoms with Gasteiger partial charge in [-0.2, -0.15) is 0 Å². The summed E-state index contributed by atoms with van der Waals surface area (Å²) < 4.78 is 2.39. The zero-order valence-corrected chi connectivity index (χ0v) is 16.8. The summed E-state index contributed by atoms with van der Waals surface area (Å²) in [6.45, 7) is 6.24. The molecule has 0 spiro atoms. The highest BCUT2D eigenvalue weighted by molar-refractivity contribution is 5.92. The van der Waals surface area contributed by atoms with Crippen LogP contribution in [0.15, 0.2) is 36.7 Å². The molecule has 0 bridgehead atoms. The van der Waals surface area contributed by atoms with Crippen molar-refractivity contribution in [2.45, 2.75) is 32.2 Å². The van der Waals surface area contributed by atoms with Crippen LogP contribution in [0.3, 0.4) is 0 Å². The molecule has 2 aromatic heterocycles. The van der Waals surface area contributed by atoms with Gasteiger partial charge >= 0.3 is 0 Å². The van der Waals surface area contributed by atoms with Crippen molar-refractivity contribution in [2.24, 2.45) is 0 Å². The van der Waals surface area contributed by atoms with Gasteiger partial charge in [-0.05, 0) is 31.2 Å². The predicted molar refractivity (Wildman–Crippen MR) is 117 cm³/mol. The van der Waals surface area contributed by atoms with Gasteiger partial charge in [-0.3, -0.25) is 4.90 Å². The van der Waals surface area contributed by atoms with Crippen LogP contribution in [0.25, 0.3) is 11.0 Å². The fraction of sp³-hybridized carbons (Fsp3) is 0.417. The highest BCUT2D eigenvalue weighted by Crippen LogP contribution is 2.33. The molecular weight excluding hydrogens is 358 g/mol. The van der Waals surface area contributed by atoms with Gasteiger partial charge in [0, 0.05) is 45.0 Å². The Bertz CT molecular complexity index is 1040. The Kier molecular flexibility index (Phi) is 4.95. The topological polar surface area (TPSA) is 37.2 Å². The summed E-state index contributed by atoms with van der Waals surface area (Å²) in [5.74, 6) is 3.97. The molecule has 0 unspecified atom stereocenters. The number of piperazine rings is 1. The standard InChI is InChI=1S/C24H27N5/c1-2-20-21-10-6-7-12-29(21)23-22(20)25-18-26-24(23)28-16-14-27(15-17-28)13-11-19-8-4-3-5-9-19/h1,3-5,8-9,18H,6-7,10-17H2. The Balaban J connectivity index is 1.35. The van der Waals surface area contributed by atoms with Gasteiger partial charge in [0.05, 0.1) is 5.56 Å².